The van der Waals surface area contributed by atoms with E-state index in [1.54, 1.807) is 12.1 Å². The predicted molar refractivity (Wildman–Crippen MR) is 163 cm³/mol. The summed E-state index contributed by atoms with van der Waals surface area (Å²) < 4.78 is 32.2. The number of rotatable bonds is 15. The van der Waals surface area contributed by atoms with Gasteiger partial charge in [0.15, 0.2) is 0 Å². The van der Waals surface area contributed by atoms with E-state index in [1.165, 1.54) is 11.8 Å². The zero-order valence-electron chi connectivity index (χ0n) is 22.6. The molecule has 8 nitrogen and oxygen atoms in total. The maximum absolute atomic E-state index is 12.8. The van der Waals surface area contributed by atoms with Gasteiger partial charge in [-0.15, -0.1) is 24.2 Å². The number of nitrogens with one attached hydrogen (secondary N) is 2. The van der Waals surface area contributed by atoms with Crippen LogP contribution in [0.5, 0.6) is 5.75 Å². The number of hydrogen-bond acceptors (Lipinski definition) is 8. The molecule has 0 unspecified atom stereocenters. The summed E-state index contributed by atoms with van der Waals surface area (Å²) in [5.41, 5.74) is 2.98. The summed E-state index contributed by atoms with van der Waals surface area (Å²) in [5, 5.41) is 22.5. The van der Waals surface area contributed by atoms with Gasteiger partial charge in [-0.25, -0.2) is 13.1 Å². The highest BCUT2D eigenvalue weighted by molar-refractivity contribution is 8.00. The first-order chi connectivity index (χ1) is 18.7. The smallest absolute Gasteiger partial charge is 0.265 e. The van der Waals surface area contributed by atoms with E-state index in [9.17, 15) is 18.3 Å². The zero-order valence-corrected chi connectivity index (χ0v) is 25.0. The number of aliphatic hydroxyl groups is 2. The van der Waals surface area contributed by atoms with Gasteiger partial charge in [0.25, 0.3) is 5.91 Å². The van der Waals surface area contributed by atoms with E-state index < -0.39 is 22.0 Å². The van der Waals surface area contributed by atoms with Gasteiger partial charge in [0, 0.05) is 29.8 Å². The highest BCUT2D eigenvalue weighted by atomic mass is 35.5. The van der Waals surface area contributed by atoms with Crippen molar-refractivity contribution in [1.82, 2.24) is 10.0 Å². The second-order valence-electron chi connectivity index (χ2n) is 9.21. The van der Waals surface area contributed by atoms with Crippen LogP contribution in [-0.4, -0.2) is 61.8 Å². The van der Waals surface area contributed by atoms with Gasteiger partial charge in [0.2, 0.25) is 10.0 Å². The number of halogens is 1. The summed E-state index contributed by atoms with van der Waals surface area (Å²) in [5.74, 6) is -0.290. The van der Waals surface area contributed by atoms with E-state index >= 15 is 0 Å². The van der Waals surface area contributed by atoms with Gasteiger partial charge in [-0.2, -0.15) is 0 Å². The molecule has 0 bridgehead atoms. The molecule has 0 heterocycles. The topological polar surface area (TPSA) is 125 Å². The minimum absolute atomic E-state index is 0. The second-order valence-corrected chi connectivity index (χ2v) is 12.7. The number of sulfonamides is 1. The molecule has 3 rings (SSSR count). The highest BCUT2D eigenvalue weighted by Gasteiger charge is 2.20. The molecular formula is C29H37ClN2O6S2. The average molecular weight is 609 g/mol. The third-order valence-electron chi connectivity index (χ3n) is 5.67. The second kappa shape index (κ2) is 16.6. The van der Waals surface area contributed by atoms with Crippen molar-refractivity contribution < 1.29 is 28.2 Å². The van der Waals surface area contributed by atoms with Crippen molar-refractivity contribution in [3.05, 3.63) is 83.9 Å². The Morgan fingerprint density at radius 2 is 1.68 bits per heavy atom. The van der Waals surface area contributed by atoms with Gasteiger partial charge >= 0.3 is 0 Å². The Balaban J connectivity index is 0.00000560. The van der Waals surface area contributed by atoms with Crippen molar-refractivity contribution >= 4 is 40.1 Å². The van der Waals surface area contributed by atoms with Crippen LogP contribution in [0.4, 0.5) is 0 Å². The molecule has 0 aromatic heterocycles. The van der Waals surface area contributed by atoms with Crippen LogP contribution in [0.2, 0.25) is 0 Å². The Morgan fingerprint density at radius 3 is 2.33 bits per heavy atom. The molecule has 1 atom stereocenters. The molecular weight excluding hydrogens is 572 g/mol. The standard InChI is InChI=1S/C29H36N2O6S2.ClH/c1-21(2)38-28-19-24(11-14-26(28)29(34)31-39(35,36)18-6-16-32)22-9-12-25(13-10-22)37-17-15-30-20-27(33)23-7-4-3-5-8-23;/h3-5,7-14,19,21,27,30,32-33H,6,15-18,20H2,1-2H3,(H,31,34);1H/t27-;/m1./s1. The molecule has 3 aromatic rings. The van der Waals surface area contributed by atoms with E-state index in [0.717, 1.165) is 16.7 Å². The van der Waals surface area contributed by atoms with Crippen LogP contribution in [0.1, 0.15) is 42.3 Å². The highest BCUT2D eigenvalue weighted by Crippen LogP contribution is 2.32. The molecule has 3 aromatic carbocycles. The van der Waals surface area contributed by atoms with Crippen LogP contribution < -0.4 is 14.8 Å². The number of amides is 1. The molecule has 40 heavy (non-hydrogen) atoms. The molecule has 0 aliphatic rings. The number of ether oxygens (including phenoxy) is 1. The Hall–Kier alpha value is -2.60. The van der Waals surface area contributed by atoms with Gasteiger partial charge in [0.05, 0.1) is 17.4 Å². The zero-order chi connectivity index (χ0) is 28.3. The van der Waals surface area contributed by atoms with Gasteiger partial charge in [-0.05, 0) is 47.4 Å². The lowest BCUT2D eigenvalue weighted by Crippen LogP contribution is -2.33. The van der Waals surface area contributed by atoms with Crippen molar-refractivity contribution in [1.29, 1.82) is 0 Å². The van der Waals surface area contributed by atoms with Gasteiger partial charge in [0.1, 0.15) is 12.4 Å². The lowest BCUT2D eigenvalue weighted by atomic mass is 10.0. The van der Waals surface area contributed by atoms with Crippen LogP contribution in [0.3, 0.4) is 0 Å². The van der Waals surface area contributed by atoms with E-state index in [0.29, 0.717) is 30.3 Å². The van der Waals surface area contributed by atoms with E-state index in [-0.39, 0.29) is 42.0 Å². The van der Waals surface area contributed by atoms with Gasteiger partial charge in [-0.1, -0.05) is 62.4 Å². The van der Waals surface area contributed by atoms with Crippen LogP contribution in [0.25, 0.3) is 11.1 Å². The lowest BCUT2D eigenvalue weighted by molar-refractivity contribution is 0.0978. The number of carbonyl (C=O) groups is 1. The SMILES string of the molecule is CC(C)Sc1cc(-c2ccc(OCCNC[C@@H](O)c3ccccc3)cc2)ccc1C(=O)NS(=O)(=O)CCCO.Cl. The Labute approximate surface area is 247 Å². The van der Waals surface area contributed by atoms with Gasteiger partial charge in [-0.3, -0.25) is 4.79 Å². The maximum atomic E-state index is 12.8. The largest absolute Gasteiger partial charge is 0.492 e. The van der Waals surface area contributed by atoms with E-state index in [4.69, 9.17) is 9.84 Å². The first-order valence-corrected chi connectivity index (χ1v) is 15.3. The first kappa shape index (κ1) is 33.6. The molecule has 0 aliphatic carbocycles. The molecule has 1 amide bonds. The molecule has 0 aliphatic heterocycles. The Morgan fingerprint density at radius 1 is 1.00 bits per heavy atom. The molecule has 0 saturated carbocycles. The fraction of sp³-hybridized carbons (Fsp3) is 0.345. The maximum Gasteiger partial charge on any atom is 0.265 e. The Kier molecular flexibility index (Phi) is 14.0. The summed E-state index contributed by atoms with van der Waals surface area (Å²) in [6, 6.07) is 22.4. The fourth-order valence-corrected chi connectivity index (χ4v) is 5.75. The molecule has 0 saturated heterocycles. The summed E-state index contributed by atoms with van der Waals surface area (Å²) in [4.78, 5) is 13.5. The van der Waals surface area contributed by atoms with Crippen LogP contribution in [-0.2, 0) is 10.0 Å². The van der Waals surface area contributed by atoms with Crippen LogP contribution in [0, 0.1) is 0 Å². The van der Waals surface area contributed by atoms with Crippen molar-refractivity contribution in [3.63, 3.8) is 0 Å². The minimum atomic E-state index is -3.83. The summed E-state index contributed by atoms with van der Waals surface area (Å²) in [7, 11) is -3.83. The molecule has 218 valence electrons. The summed E-state index contributed by atoms with van der Waals surface area (Å²) >= 11 is 1.48. The third kappa shape index (κ3) is 10.8. The quantitative estimate of drug-likeness (QED) is 0.148. The van der Waals surface area contributed by atoms with Gasteiger partial charge < -0.3 is 20.3 Å². The number of carbonyl (C=O) groups excluding carboxylic acids is 1. The van der Waals surface area contributed by atoms with Crippen molar-refractivity contribution in [3.8, 4) is 16.9 Å². The van der Waals surface area contributed by atoms with Crippen molar-refractivity contribution in [2.75, 3.05) is 32.1 Å². The first-order valence-electron chi connectivity index (χ1n) is 12.8. The number of benzene rings is 3. The lowest BCUT2D eigenvalue weighted by Gasteiger charge is -2.14. The van der Waals surface area contributed by atoms with E-state index in [1.807, 2.05) is 74.5 Å². The monoisotopic (exact) mass is 608 g/mol. The average Bonchev–Trinajstić information content (AvgIpc) is 2.92. The predicted octanol–water partition coefficient (Wildman–Crippen LogP) is 4.42. The molecule has 0 spiro atoms. The summed E-state index contributed by atoms with van der Waals surface area (Å²) in [6.45, 7) is 5.20. The number of thioether (sulfide) groups is 1. The molecule has 11 heteroatoms. The number of hydrogen-bond donors (Lipinski definition) is 4. The van der Waals surface area contributed by atoms with Crippen LogP contribution in [0.15, 0.2) is 77.7 Å². The molecule has 0 fully saturated rings. The van der Waals surface area contributed by atoms with E-state index in [2.05, 4.69) is 10.0 Å². The third-order valence-corrected chi connectivity index (χ3v) is 8.05. The molecule has 4 N–H and O–H groups in total. The normalized spacial score (nSPS) is 12.0. The Bertz CT molecular complexity index is 1310. The summed E-state index contributed by atoms with van der Waals surface area (Å²) in [6.07, 6.45) is -0.514. The minimum Gasteiger partial charge on any atom is -0.492 e. The number of aliphatic hydroxyl groups excluding tert-OH is 2. The van der Waals surface area contributed by atoms with Crippen LogP contribution >= 0.6 is 24.2 Å². The molecule has 0 radical (unpaired) electrons. The fourth-order valence-electron chi connectivity index (χ4n) is 3.76. The van der Waals surface area contributed by atoms with Crippen molar-refractivity contribution in [2.45, 2.75) is 36.5 Å². The van der Waals surface area contributed by atoms with Crippen molar-refractivity contribution in [2.24, 2.45) is 0 Å².